The molecule has 96 valence electrons. The van der Waals surface area contributed by atoms with Crippen LogP contribution in [-0.2, 0) is 16.3 Å². The summed E-state index contributed by atoms with van der Waals surface area (Å²) in [5, 5.41) is 12.8. The van der Waals surface area contributed by atoms with Crippen molar-refractivity contribution in [2.75, 3.05) is 11.5 Å². The molecule has 3 atom stereocenters. The molecule has 2 heterocycles. The SMILES string of the molecule is CC(Cc1ccco1)NC1CS(=O)(=O)CC1O. The van der Waals surface area contributed by atoms with E-state index < -0.39 is 15.9 Å². The van der Waals surface area contributed by atoms with Gasteiger partial charge in [-0.05, 0) is 19.1 Å². The molecular weight excluding hydrogens is 242 g/mol. The fraction of sp³-hybridized carbons (Fsp3) is 0.636. The van der Waals surface area contributed by atoms with Gasteiger partial charge in [0.25, 0.3) is 0 Å². The Morgan fingerprint density at radius 2 is 2.35 bits per heavy atom. The molecule has 5 nitrogen and oxygen atoms in total. The van der Waals surface area contributed by atoms with Gasteiger partial charge in [-0.1, -0.05) is 0 Å². The van der Waals surface area contributed by atoms with Crippen LogP contribution in [0.1, 0.15) is 12.7 Å². The lowest BCUT2D eigenvalue weighted by atomic mass is 10.1. The Morgan fingerprint density at radius 3 is 2.88 bits per heavy atom. The van der Waals surface area contributed by atoms with Gasteiger partial charge in [-0.3, -0.25) is 0 Å². The van der Waals surface area contributed by atoms with Gasteiger partial charge >= 0.3 is 0 Å². The van der Waals surface area contributed by atoms with E-state index >= 15 is 0 Å². The number of hydrogen-bond donors (Lipinski definition) is 2. The van der Waals surface area contributed by atoms with Crippen LogP contribution in [-0.4, -0.2) is 43.2 Å². The van der Waals surface area contributed by atoms with Crippen LogP contribution in [0.5, 0.6) is 0 Å². The highest BCUT2D eigenvalue weighted by molar-refractivity contribution is 7.91. The molecule has 2 N–H and O–H groups in total. The molecule has 0 aliphatic carbocycles. The van der Waals surface area contributed by atoms with Crippen molar-refractivity contribution in [3.05, 3.63) is 24.2 Å². The maximum absolute atomic E-state index is 11.3. The zero-order chi connectivity index (χ0) is 12.5. The Hall–Kier alpha value is -0.850. The van der Waals surface area contributed by atoms with Crippen molar-refractivity contribution in [2.45, 2.75) is 31.5 Å². The van der Waals surface area contributed by atoms with Gasteiger partial charge in [0.15, 0.2) is 9.84 Å². The molecule has 1 aliphatic heterocycles. The second-order valence-electron chi connectivity index (χ2n) is 4.60. The lowest BCUT2D eigenvalue weighted by Crippen LogP contribution is -2.44. The van der Waals surface area contributed by atoms with E-state index in [-0.39, 0.29) is 23.6 Å². The Balaban J connectivity index is 1.89. The number of aliphatic hydroxyl groups excluding tert-OH is 1. The number of aliphatic hydroxyl groups is 1. The second kappa shape index (κ2) is 4.80. The fourth-order valence-corrected chi connectivity index (χ4v) is 3.90. The standard InChI is InChI=1S/C11H17NO4S/c1-8(5-9-3-2-4-16-9)12-10-6-17(14,15)7-11(10)13/h2-4,8,10-13H,5-7H2,1H3. The van der Waals surface area contributed by atoms with Gasteiger partial charge in [0.2, 0.25) is 0 Å². The van der Waals surface area contributed by atoms with Gasteiger partial charge in [0.05, 0.1) is 23.9 Å². The van der Waals surface area contributed by atoms with E-state index in [1.807, 2.05) is 19.1 Å². The number of hydrogen-bond acceptors (Lipinski definition) is 5. The summed E-state index contributed by atoms with van der Waals surface area (Å²) in [6.45, 7) is 1.94. The van der Waals surface area contributed by atoms with Crippen molar-refractivity contribution < 1.29 is 17.9 Å². The predicted octanol–water partition coefficient (Wildman–Crippen LogP) is -0.0419. The van der Waals surface area contributed by atoms with Crippen LogP contribution in [0.2, 0.25) is 0 Å². The smallest absolute Gasteiger partial charge is 0.154 e. The lowest BCUT2D eigenvalue weighted by Gasteiger charge is -2.20. The van der Waals surface area contributed by atoms with Crippen LogP contribution in [0, 0.1) is 0 Å². The number of furan rings is 1. The van der Waals surface area contributed by atoms with Gasteiger partial charge in [-0.2, -0.15) is 0 Å². The zero-order valence-electron chi connectivity index (χ0n) is 9.67. The molecule has 0 aromatic carbocycles. The van der Waals surface area contributed by atoms with E-state index in [0.29, 0.717) is 6.42 Å². The predicted molar refractivity (Wildman–Crippen MR) is 63.5 cm³/mol. The molecule has 17 heavy (non-hydrogen) atoms. The topological polar surface area (TPSA) is 79.5 Å². The third-order valence-electron chi connectivity index (χ3n) is 2.91. The van der Waals surface area contributed by atoms with Gasteiger partial charge < -0.3 is 14.8 Å². The minimum Gasteiger partial charge on any atom is -0.469 e. The monoisotopic (exact) mass is 259 g/mol. The number of nitrogens with one attached hydrogen (secondary N) is 1. The molecule has 1 aliphatic rings. The zero-order valence-corrected chi connectivity index (χ0v) is 10.5. The van der Waals surface area contributed by atoms with Crippen molar-refractivity contribution in [1.82, 2.24) is 5.32 Å². The van der Waals surface area contributed by atoms with Gasteiger partial charge in [0.1, 0.15) is 5.76 Å². The Morgan fingerprint density at radius 1 is 1.59 bits per heavy atom. The highest BCUT2D eigenvalue weighted by Crippen LogP contribution is 2.14. The highest BCUT2D eigenvalue weighted by atomic mass is 32.2. The van der Waals surface area contributed by atoms with Crippen LogP contribution >= 0.6 is 0 Å². The average molecular weight is 259 g/mol. The van der Waals surface area contributed by atoms with Gasteiger partial charge in [-0.25, -0.2) is 8.42 Å². The molecule has 0 radical (unpaired) electrons. The second-order valence-corrected chi connectivity index (χ2v) is 6.76. The summed E-state index contributed by atoms with van der Waals surface area (Å²) >= 11 is 0. The molecule has 0 saturated carbocycles. The third-order valence-corrected chi connectivity index (χ3v) is 4.63. The largest absolute Gasteiger partial charge is 0.469 e. The maximum Gasteiger partial charge on any atom is 0.154 e. The molecule has 2 rings (SSSR count). The molecule has 1 aromatic heterocycles. The van der Waals surface area contributed by atoms with E-state index in [1.165, 1.54) is 0 Å². The molecule has 0 bridgehead atoms. The van der Waals surface area contributed by atoms with Crippen molar-refractivity contribution in [3.8, 4) is 0 Å². The van der Waals surface area contributed by atoms with Crippen LogP contribution in [0.25, 0.3) is 0 Å². The molecule has 1 aromatic rings. The Kier molecular flexibility index (Phi) is 3.56. The summed E-state index contributed by atoms with van der Waals surface area (Å²) < 4.78 is 27.9. The summed E-state index contributed by atoms with van der Waals surface area (Å²) in [5.74, 6) is 0.717. The quantitative estimate of drug-likeness (QED) is 0.793. The first-order chi connectivity index (χ1) is 7.96. The van der Waals surface area contributed by atoms with Gasteiger partial charge in [0, 0.05) is 18.5 Å². The van der Waals surface area contributed by atoms with Crippen LogP contribution in [0.3, 0.4) is 0 Å². The number of sulfone groups is 1. The van der Waals surface area contributed by atoms with Gasteiger partial charge in [-0.15, -0.1) is 0 Å². The van der Waals surface area contributed by atoms with Crippen LogP contribution in [0.4, 0.5) is 0 Å². The normalized spacial score (nSPS) is 29.3. The van der Waals surface area contributed by atoms with Crippen LogP contribution in [0.15, 0.2) is 22.8 Å². The minimum absolute atomic E-state index is 0.0106. The average Bonchev–Trinajstić information content (AvgIpc) is 2.75. The lowest BCUT2D eigenvalue weighted by molar-refractivity contribution is 0.159. The van der Waals surface area contributed by atoms with E-state index in [4.69, 9.17) is 4.42 Å². The summed E-state index contributed by atoms with van der Waals surface area (Å²) in [4.78, 5) is 0. The highest BCUT2D eigenvalue weighted by Gasteiger charge is 2.36. The Bertz CT molecular complexity index is 454. The molecule has 3 unspecified atom stereocenters. The fourth-order valence-electron chi connectivity index (χ4n) is 2.14. The molecule has 1 saturated heterocycles. The van der Waals surface area contributed by atoms with E-state index in [1.54, 1.807) is 6.26 Å². The van der Waals surface area contributed by atoms with Crippen molar-refractivity contribution >= 4 is 9.84 Å². The molecule has 1 fully saturated rings. The molecule has 0 spiro atoms. The van der Waals surface area contributed by atoms with E-state index in [2.05, 4.69) is 5.32 Å². The first-order valence-electron chi connectivity index (χ1n) is 5.63. The van der Waals surface area contributed by atoms with Crippen LogP contribution < -0.4 is 5.32 Å². The summed E-state index contributed by atoms with van der Waals surface area (Å²) in [6.07, 6.45) is 1.48. The summed E-state index contributed by atoms with van der Waals surface area (Å²) in [5.41, 5.74) is 0. The first kappa shape index (κ1) is 12.6. The first-order valence-corrected chi connectivity index (χ1v) is 7.45. The van der Waals surface area contributed by atoms with Crippen molar-refractivity contribution in [3.63, 3.8) is 0 Å². The summed E-state index contributed by atoms with van der Waals surface area (Å²) in [6, 6.07) is 3.38. The van der Waals surface area contributed by atoms with Crippen molar-refractivity contribution in [2.24, 2.45) is 0 Å². The number of rotatable bonds is 4. The minimum atomic E-state index is -3.09. The van der Waals surface area contributed by atoms with Crippen molar-refractivity contribution in [1.29, 1.82) is 0 Å². The maximum atomic E-state index is 11.3. The van der Waals surface area contributed by atoms with E-state index in [0.717, 1.165) is 5.76 Å². The summed E-state index contributed by atoms with van der Waals surface area (Å²) in [7, 11) is -3.09. The third kappa shape index (κ3) is 3.31. The molecule has 0 amide bonds. The Labute approximate surface area is 101 Å². The molecule has 6 heteroatoms. The van der Waals surface area contributed by atoms with E-state index in [9.17, 15) is 13.5 Å². The molecular formula is C11H17NO4S.